The van der Waals surface area contributed by atoms with E-state index in [0.29, 0.717) is 0 Å². The third-order valence-electron chi connectivity index (χ3n) is 0.274. The third kappa shape index (κ3) is 4.10. The second-order valence-electron chi connectivity index (χ2n) is 0.835. The van der Waals surface area contributed by atoms with Crippen molar-refractivity contribution >= 4 is 0 Å². The van der Waals surface area contributed by atoms with Crippen molar-refractivity contribution in [3.05, 3.63) is 0 Å². The summed E-state index contributed by atoms with van der Waals surface area (Å²) < 4.78 is 28.4. The van der Waals surface area contributed by atoms with Crippen LogP contribution in [0.15, 0.2) is 0 Å². The fourth-order valence-corrected chi connectivity index (χ4v) is 0. The molecular weight excluding hydrogens is 125 g/mol. The van der Waals surface area contributed by atoms with Crippen LogP contribution in [-0.2, 0) is 21.6 Å². The first-order chi connectivity index (χ1) is 2.56. The summed E-state index contributed by atoms with van der Waals surface area (Å²) in [5.41, 5.74) is 2.90. The molecule has 0 amide bonds. The summed E-state index contributed by atoms with van der Waals surface area (Å²) in [7, 11) is 0. The van der Waals surface area contributed by atoms with Gasteiger partial charge in [-0.1, -0.05) is 0 Å². The fourth-order valence-electron chi connectivity index (χ4n) is 0. The molecule has 0 saturated heterocycles. The van der Waals surface area contributed by atoms with E-state index in [0.717, 1.165) is 0 Å². The maximum absolute atomic E-state index is 9.47. The van der Waals surface area contributed by atoms with Crippen LogP contribution in [0.5, 0.6) is 0 Å². The second kappa shape index (κ2) is 1.70. The molecule has 0 bridgehead atoms. The molecule has 0 aromatic rings. The molecule has 0 aliphatic carbocycles. The van der Waals surface area contributed by atoms with Gasteiger partial charge in [-0.2, -0.15) is 0 Å². The Hall–Kier alpha value is 0.104. The number of hydrogen-bond acceptors (Lipinski definition) is 3. The average molecular weight is 130 g/mol. The zero-order valence-electron chi connectivity index (χ0n) is 3.09. The molecule has 5 heteroatoms. The quantitative estimate of drug-likeness (QED) is 0.419. The molecule has 0 saturated carbocycles. The second-order valence-corrected chi connectivity index (χ2v) is 3.44. The van der Waals surface area contributed by atoms with E-state index in [-0.39, 0.29) is 0 Å². The van der Waals surface area contributed by atoms with E-state index < -0.39 is 19.5 Å². The molecule has 0 atom stereocenters. The van der Waals surface area contributed by atoms with Crippen LogP contribution in [0.4, 0.5) is 0 Å². The zero-order valence-corrected chi connectivity index (χ0v) is 4.48. The molecule has 0 aliphatic rings. The minimum absolute atomic E-state index is 0.474. The molecule has 3 N–H and O–H groups in total. The van der Waals surface area contributed by atoms with Crippen LogP contribution in [0.3, 0.4) is 0 Å². The summed E-state index contributed by atoms with van der Waals surface area (Å²) >= 11 is -4.77. The molecule has 0 aromatic carbocycles. The van der Waals surface area contributed by atoms with Gasteiger partial charge in [0.15, 0.2) is 0 Å². The van der Waals surface area contributed by atoms with Gasteiger partial charge in [0.05, 0.1) is 0 Å². The Morgan fingerprint density at radius 1 is 1.67 bits per heavy atom. The summed E-state index contributed by atoms with van der Waals surface area (Å²) in [6, 6.07) is 0. The van der Waals surface area contributed by atoms with Gasteiger partial charge in [0, 0.05) is 0 Å². The molecule has 0 heterocycles. The first-order valence-corrected chi connectivity index (χ1v) is 4.06. The normalized spacial score (nSPS) is 11.7. The van der Waals surface area contributed by atoms with Gasteiger partial charge in [-0.25, -0.2) is 0 Å². The molecular formula is CH5NO3V. The molecule has 0 unspecified atom stereocenters. The van der Waals surface area contributed by atoms with Gasteiger partial charge in [0.1, 0.15) is 0 Å². The molecule has 0 aliphatic heterocycles. The van der Waals surface area contributed by atoms with Crippen molar-refractivity contribution in [3.8, 4) is 0 Å². The Morgan fingerprint density at radius 2 is 1.83 bits per heavy atom. The van der Waals surface area contributed by atoms with E-state index in [2.05, 4.69) is 5.73 Å². The molecule has 0 aromatic heterocycles. The fraction of sp³-hybridized carbons (Fsp3) is 1.00. The number of rotatable bonds is 1. The Kier molecular flexibility index (Phi) is 1.73. The van der Waals surface area contributed by atoms with Crippen molar-refractivity contribution in [2.45, 2.75) is 0 Å². The van der Waals surface area contributed by atoms with Gasteiger partial charge < -0.3 is 0 Å². The van der Waals surface area contributed by atoms with E-state index in [1.165, 1.54) is 0 Å². The van der Waals surface area contributed by atoms with Gasteiger partial charge in [-0.05, 0) is 0 Å². The van der Waals surface area contributed by atoms with Crippen molar-refractivity contribution < 1.29 is 31.4 Å². The van der Waals surface area contributed by atoms with Crippen LogP contribution in [-0.4, -0.2) is 5.26 Å². The van der Waals surface area contributed by atoms with Crippen molar-refractivity contribution in [2.24, 2.45) is 0 Å². The van der Waals surface area contributed by atoms with Crippen LogP contribution in [0.25, 0.3) is 0 Å². The monoisotopic (exact) mass is 130 g/mol. The predicted molar refractivity (Wildman–Crippen MR) is 9.13 cm³/mol. The number of quaternary nitrogens is 1. The van der Waals surface area contributed by atoms with Crippen LogP contribution in [0.1, 0.15) is 0 Å². The summed E-state index contributed by atoms with van der Waals surface area (Å²) in [6.07, 6.45) is 0. The summed E-state index contributed by atoms with van der Waals surface area (Å²) in [4.78, 5) is 0. The van der Waals surface area contributed by atoms with Gasteiger partial charge >= 0.3 is 36.6 Å². The summed E-state index contributed by atoms with van der Waals surface area (Å²) in [5, 5.41) is -0.474. The van der Waals surface area contributed by atoms with E-state index in [1.807, 2.05) is 0 Å². The number of hydrogen-bond donors (Lipinski definition) is 1. The van der Waals surface area contributed by atoms with E-state index in [1.54, 1.807) is 0 Å². The van der Waals surface area contributed by atoms with Crippen molar-refractivity contribution in [1.82, 2.24) is 0 Å². The van der Waals surface area contributed by atoms with Crippen LogP contribution < -0.4 is 9.77 Å². The molecule has 0 rings (SSSR count). The molecule has 4 nitrogen and oxygen atoms in total. The Bertz CT molecular complexity index is 113. The van der Waals surface area contributed by atoms with Gasteiger partial charge in [-0.3, -0.25) is 0 Å². The molecule has 0 spiro atoms. The molecule has 6 heavy (non-hydrogen) atoms. The minimum atomic E-state index is -4.77. The van der Waals surface area contributed by atoms with Crippen LogP contribution in [0, 0.1) is 0 Å². The molecule has 0 radical (unpaired) electrons. The standard InChI is InChI=1S/CH5N.3O.V/c1-2;;;;/h1H2,2H3;;;;/q+1;;;-1;. The molecule has 0 fully saturated rings. The first-order valence-electron chi connectivity index (χ1n) is 1.36. The van der Waals surface area contributed by atoms with Gasteiger partial charge in [0.2, 0.25) is 0 Å². The van der Waals surface area contributed by atoms with Crippen LogP contribution in [0.2, 0.25) is 0 Å². The zero-order chi connectivity index (χ0) is 5.21. The van der Waals surface area contributed by atoms with Crippen molar-refractivity contribution in [3.63, 3.8) is 0 Å². The van der Waals surface area contributed by atoms with E-state index in [9.17, 15) is 11.4 Å². The predicted octanol–water partition coefficient (Wildman–Crippen LogP) is -2.69. The van der Waals surface area contributed by atoms with Crippen molar-refractivity contribution in [2.75, 3.05) is 5.26 Å². The first kappa shape index (κ1) is 6.10. The third-order valence-corrected chi connectivity index (χ3v) is 1.13. The van der Waals surface area contributed by atoms with Crippen molar-refractivity contribution in [1.29, 1.82) is 0 Å². The Balaban J connectivity index is 3.85. The molecule has 37 valence electrons. The topological polar surface area (TPSA) is 84.8 Å². The van der Waals surface area contributed by atoms with E-state index in [4.69, 9.17) is 0 Å². The SMILES string of the molecule is [NH3+][CH2][V](=[O])(=[O])[O-]. The van der Waals surface area contributed by atoms with Gasteiger partial charge in [-0.15, -0.1) is 0 Å². The Morgan fingerprint density at radius 3 is 1.83 bits per heavy atom. The Labute approximate surface area is 37.4 Å². The summed E-state index contributed by atoms with van der Waals surface area (Å²) in [5.74, 6) is 0. The van der Waals surface area contributed by atoms with Crippen LogP contribution >= 0.6 is 0 Å². The maximum atomic E-state index is 9.47. The van der Waals surface area contributed by atoms with E-state index >= 15 is 0 Å². The average Bonchev–Trinajstić information content (AvgIpc) is 1.35. The van der Waals surface area contributed by atoms with Gasteiger partial charge in [0.25, 0.3) is 0 Å². The summed E-state index contributed by atoms with van der Waals surface area (Å²) in [6.45, 7) is 0.